The normalized spacial score (nSPS) is 10.4. The molecule has 0 radical (unpaired) electrons. The van der Waals surface area contributed by atoms with Gasteiger partial charge in [0.15, 0.2) is 10.9 Å². The van der Waals surface area contributed by atoms with E-state index in [2.05, 4.69) is 10.3 Å². The van der Waals surface area contributed by atoms with E-state index >= 15 is 0 Å². The number of hydrogen-bond donors (Lipinski definition) is 2. The third-order valence-corrected chi connectivity index (χ3v) is 2.80. The first-order valence-electron chi connectivity index (χ1n) is 5.49. The molecule has 0 atom stereocenters. The third-order valence-electron chi connectivity index (χ3n) is 2.49. The van der Waals surface area contributed by atoms with Crippen LogP contribution in [0.2, 0.25) is 5.02 Å². The number of aryl methyl sites for hydroxylation is 2. The summed E-state index contributed by atoms with van der Waals surface area (Å²) in [7, 11) is 0. The van der Waals surface area contributed by atoms with E-state index in [9.17, 15) is 4.39 Å². The molecule has 0 aliphatic rings. The van der Waals surface area contributed by atoms with Crippen molar-refractivity contribution in [2.45, 2.75) is 12.8 Å². The van der Waals surface area contributed by atoms with Gasteiger partial charge in [0.25, 0.3) is 0 Å². The largest absolute Gasteiger partial charge is 0.466 e. The molecular weight excluding hydrogens is 289 g/mol. The first-order chi connectivity index (χ1) is 9.06. The Kier molecular flexibility index (Phi) is 4.34. The molecule has 2 rings (SSSR count). The van der Waals surface area contributed by atoms with E-state index in [-0.39, 0.29) is 10.9 Å². The highest BCUT2D eigenvalue weighted by atomic mass is 35.5. The van der Waals surface area contributed by atoms with Crippen LogP contribution >= 0.6 is 23.8 Å². The predicted octanol–water partition coefficient (Wildman–Crippen LogP) is 2.91. The average molecular weight is 300 g/mol. The predicted molar refractivity (Wildman–Crippen MR) is 75.7 cm³/mol. The Morgan fingerprint density at radius 3 is 2.95 bits per heavy atom. The maximum absolute atomic E-state index is 13.3. The van der Waals surface area contributed by atoms with Gasteiger partial charge < -0.3 is 15.5 Å². The van der Waals surface area contributed by atoms with E-state index < -0.39 is 0 Å². The zero-order chi connectivity index (χ0) is 13.8. The molecule has 3 N–H and O–H groups in total. The minimum Gasteiger partial charge on any atom is -0.466 e. The van der Waals surface area contributed by atoms with Crippen molar-refractivity contribution in [1.82, 2.24) is 4.98 Å². The fraction of sp³-hybridized carbons (Fsp3) is 0.167. The molecule has 0 aromatic carbocycles. The minimum absolute atomic E-state index is 0.111. The lowest BCUT2D eigenvalue weighted by Crippen LogP contribution is -2.20. The van der Waals surface area contributed by atoms with Crippen LogP contribution in [0.25, 0.3) is 0 Å². The molecule has 0 bridgehead atoms. The van der Waals surface area contributed by atoms with E-state index in [1.54, 1.807) is 6.07 Å². The summed E-state index contributed by atoms with van der Waals surface area (Å²) in [5.41, 5.74) is 6.20. The van der Waals surface area contributed by atoms with Crippen molar-refractivity contribution in [1.29, 1.82) is 0 Å². The number of nitrogens with two attached hydrogens (primary N) is 1. The van der Waals surface area contributed by atoms with Gasteiger partial charge in [0.1, 0.15) is 11.6 Å². The zero-order valence-electron chi connectivity index (χ0n) is 9.82. The van der Waals surface area contributed by atoms with Crippen LogP contribution in [-0.2, 0) is 12.8 Å². The van der Waals surface area contributed by atoms with Crippen LogP contribution in [-0.4, -0.2) is 10.1 Å². The fourth-order valence-corrected chi connectivity index (χ4v) is 1.93. The molecule has 7 heteroatoms. The van der Waals surface area contributed by atoms with Gasteiger partial charge in [-0.3, -0.25) is 0 Å². The molecule has 0 saturated carbocycles. The quantitative estimate of drug-likeness (QED) is 0.850. The number of furan rings is 1. The summed E-state index contributed by atoms with van der Waals surface area (Å²) in [4.78, 5) is 4.11. The molecule has 2 aromatic heterocycles. The Hall–Kier alpha value is -1.66. The summed E-state index contributed by atoms with van der Waals surface area (Å²) < 4.78 is 18.3. The lowest BCUT2D eigenvalue weighted by Gasteiger charge is -2.09. The summed E-state index contributed by atoms with van der Waals surface area (Å²) in [6, 6.07) is 3.01. The van der Waals surface area contributed by atoms with Crippen molar-refractivity contribution in [3.63, 3.8) is 0 Å². The molecule has 0 spiro atoms. The SMILES string of the molecule is NC(=S)Nc1ncc(Cl)cc1CCc1occc1F. The lowest BCUT2D eigenvalue weighted by molar-refractivity contribution is 0.472. The molecule has 0 fully saturated rings. The number of nitrogens with one attached hydrogen (secondary N) is 1. The highest BCUT2D eigenvalue weighted by molar-refractivity contribution is 7.80. The molecule has 0 aliphatic heterocycles. The molecule has 19 heavy (non-hydrogen) atoms. The minimum atomic E-state index is -0.362. The number of hydrogen-bond acceptors (Lipinski definition) is 3. The summed E-state index contributed by atoms with van der Waals surface area (Å²) in [6.45, 7) is 0. The first kappa shape index (κ1) is 13.8. The van der Waals surface area contributed by atoms with E-state index in [1.807, 2.05) is 0 Å². The second kappa shape index (κ2) is 5.99. The summed E-state index contributed by atoms with van der Waals surface area (Å²) in [5, 5.41) is 3.36. The van der Waals surface area contributed by atoms with E-state index in [0.717, 1.165) is 5.56 Å². The van der Waals surface area contributed by atoms with Crippen molar-refractivity contribution in [3.05, 3.63) is 46.8 Å². The standard InChI is InChI=1S/C12H11ClFN3OS/c13-8-5-7(11(16-6-8)17-12(15)19)1-2-10-9(14)3-4-18-10/h3-6H,1-2H2,(H3,15,16,17,19). The van der Waals surface area contributed by atoms with Crippen LogP contribution in [0.3, 0.4) is 0 Å². The number of pyridine rings is 1. The molecule has 0 amide bonds. The second-order valence-corrected chi connectivity index (χ2v) is 4.72. The highest BCUT2D eigenvalue weighted by Crippen LogP contribution is 2.20. The van der Waals surface area contributed by atoms with Gasteiger partial charge >= 0.3 is 0 Å². The van der Waals surface area contributed by atoms with Crippen LogP contribution in [0.4, 0.5) is 10.2 Å². The van der Waals surface area contributed by atoms with Crippen molar-refractivity contribution >= 4 is 34.7 Å². The van der Waals surface area contributed by atoms with Crippen molar-refractivity contribution in [2.75, 3.05) is 5.32 Å². The first-order valence-corrected chi connectivity index (χ1v) is 6.27. The highest BCUT2D eigenvalue weighted by Gasteiger charge is 2.10. The molecule has 0 saturated heterocycles. The molecule has 0 unspecified atom stereocenters. The lowest BCUT2D eigenvalue weighted by atomic mass is 10.1. The zero-order valence-corrected chi connectivity index (χ0v) is 11.4. The van der Waals surface area contributed by atoms with Gasteiger partial charge in [-0.25, -0.2) is 9.37 Å². The van der Waals surface area contributed by atoms with Gasteiger partial charge in [0.05, 0.1) is 11.3 Å². The third kappa shape index (κ3) is 3.65. The van der Waals surface area contributed by atoms with Crippen LogP contribution in [0.5, 0.6) is 0 Å². The smallest absolute Gasteiger partial charge is 0.169 e. The van der Waals surface area contributed by atoms with Crippen LogP contribution < -0.4 is 11.1 Å². The van der Waals surface area contributed by atoms with Crippen molar-refractivity contribution in [3.8, 4) is 0 Å². The number of aromatic nitrogens is 1. The molecule has 0 aliphatic carbocycles. The van der Waals surface area contributed by atoms with Crippen molar-refractivity contribution in [2.24, 2.45) is 5.73 Å². The Bertz CT molecular complexity index is 602. The summed E-state index contributed by atoms with van der Waals surface area (Å²) in [5.74, 6) is 0.448. The summed E-state index contributed by atoms with van der Waals surface area (Å²) >= 11 is 10.7. The average Bonchev–Trinajstić information content (AvgIpc) is 2.75. The topological polar surface area (TPSA) is 64.1 Å². The van der Waals surface area contributed by atoms with Gasteiger partial charge in [0.2, 0.25) is 0 Å². The maximum atomic E-state index is 13.3. The van der Waals surface area contributed by atoms with Gasteiger partial charge in [0, 0.05) is 18.7 Å². The Balaban J connectivity index is 2.16. The second-order valence-electron chi connectivity index (χ2n) is 3.84. The fourth-order valence-electron chi connectivity index (χ4n) is 1.65. The van der Waals surface area contributed by atoms with E-state index in [1.165, 1.54) is 18.5 Å². The molecule has 4 nitrogen and oxygen atoms in total. The molecule has 2 aromatic rings. The van der Waals surface area contributed by atoms with Gasteiger partial charge in [-0.2, -0.15) is 0 Å². The van der Waals surface area contributed by atoms with Crippen LogP contribution in [0.15, 0.2) is 29.0 Å². The van der Waals surface area contributed by atoms with Crippen LogP contribution in [0, 0.1) is 5.82 Å². The van der Waals surface area contributed by atoms with E-state index in [0.29, 0.717) is 29.4 Å². The number of anilines is 1. The van der Waals surface area contributed by atoms with E-state index in [4.69, 9.17) is 34.0 Å². The number of thiocarbonyl (C=S) groups is 1. The molecule has 2 heterocycles. The number of nitrogens with zero attached hydrogens (tertiary/aromatic N) is 1. The molecule has 100 valence electrons. The van der Waals surface area contributed by atoms with Gasteiger partial charge in [-0.05, 0) is 30.3 Å². The maximum Gasteiger partial charge on any atom is 0.169 e. The van der Waals surface area contributed by atoms with Gasteiger partial charge in [-0.1, -0.05) is 11.6 Å². The summed E-state index contributed by atoms with van der Waals surface area (Å²) in [6.07, 6.45) is 3.70. The Morgan fingerprint density at radius 2 is 2.32 bits per heavy atom. The monoisotopic (exact) mass is 299 g/mol. The van der Waals surface area contributed by atoms with Gasteiger partial charge in [-0.15, -0.1) is 0 Å². The molecular formula is C12H11ClFN3OS. The Morgan fingerprint density at radius 1 is 1.53 bits per heavy atom. The number of rotatable bonds is 4. The van der Waals surface area contributed by atoms with Crippen LogP contribution in [0.1, 0.15) is 11.3 Å². The Labute approximate surface area is 119 Å². The number of halogens is 2. The van der Waals surface area contributed by atoms with Crippen molar-refractivity contribution < 1.29 is 8.81 Å².